The molecule has 0 saturated heterocycles. The van der Waals surface area contributed by atoms with E-state index in [-0.39, 0.29) is 17.7 Å². The summed E-state index contributed by atoms with van der Waals surface area (Å²) in [6.45, 7) is 4.03. The zero-order valence-corrected chi connectivity index (χ0v) is 10.9. The molecule has 2 aliphatic rings. The van der Waals surface area contributed by atoms with Gasteiger partial charge in [0, 0.05) is 5.70 Å². The lowest BCUT2D eigenvalue weighted by atomic mass is 9.87. The number of nitrogens with zero attached hydrogens (tertiary/aromatic N) is 1. The van der Waals surface area contributed by atoms with E-state index < -0.39 is 0 Å². The first kappa shape index (κ1) is 12.2. The topological polar surface area (TPSA) is 37.4 Å². The molecule has 0 unspecified atom stereocenters. The van der Waals surface area contributed by atoms with Gasteiger partial charge in [-0.1, -0.05) is 38.0 Å². The molecule has 19 heavy (non-hydrogen) atoms. The molecule has 0 N–H and O–H groups in total. The molecule has 3 nitrogen and oxygen atoms in total. The normalized spacial score (nSPS) is 19.7. The van der Waals surface area contributed by atoms with Crippen molar-refractivity contribution in [1.29, 1.82) is 0 Å². The fourth-order valence-corrected chi connectivity index (χ4v) is 3.07. The average molecular weight is 255 g/mol. The van der Waals surface area contributed by atoms with Crippen LogP contribution in [0.3, 0.4) is 0 Å². The van der Waals surface area contributed by atoms with Crippen LogP contribution in [0.4, 0.5) is 0 Å². The van der Waals surface area contributed by atoms with Gasteiger partial charge in [0.1, 0.15) is 0 Å². The van der Waals surface area contributed by atoms with E-state index in [0.29, 0.717) is 16.8 Å². The zero-order chi connectivity index (χ0) is 13.4. The molecule has 3 rings (SSSR count). The second-order valence-electron chi connectivity index (χ2n) is 5.32. The summed E-state index contributed by atoms with van der Waals surface area (Å²) in [6.07, 6.45) is 5.63. The van der Waals surface area contributed by atoms with E-state index in [0.717, 1.165) is 25.7 Å². The smallest absolute Gasteiger partial charge is 0.265 e. The van der Waals surface area contributed by atoms with Crippen LogP contribution in [0.1, 0.15) is 52.8 Å². The van der Waals surface area contributed by atoms with E-state index in [1.165, 1.54) is 11.3 Å². The summed E-state index contributed by atoms with van der Waals surface area (Å²) in [6, 6.07) is 7.00. The number of carbonyl (C=O) groups excluding carboxylic acids is 2. The lowest BCUT2D eigenvalue weighted by molar-refractivity contribution is 0.0682. The van der Waals surface area contributed by atoms with Crippen LogP contribution in [0.25, 0.3) is 0 Å². The second-order valence-corrected chi connectivity index (χ2v) is 5.32. The minimum absolute atomic E-state index is 0.212. The third-order valence-corrected chi connectivity index (χ3v) is 4.16. The van der Waals surface area contributed by atoms with Crippen molar-refractivity contribution in [2.45, 2.75) is 32.1 Å². The predicted molar refractivity (Wildman–Crippen MR) is 72.7 cm³/mol. The largest absolute Gasteiger partial charge is 0.268 e. The van der Waals surface area contributed by atoms with Gasteiger partial charge < -0.3 is 0 Å². The van der Waals surface area contributed by atoms with Gasteiger partial charge in [0.05, 0.1) is 11.1 Å². The van der Waals surface area contributed by atoms with E-state index >= 15 is 0 Å². The number of amides is 2. The number of allylic oxidation sites excluding steroid dienone is 1. The third-order valence-electron chi connectivity index (χ3n) is 4.16. The highest BCUT2D eigenvalue weighted by molar-refractivity contribution is 6.22. The Hall–Kier alpha value is -1.90. The lowest BCUT2D eigenvalue weighted by Gasteiger charge is -2.28. The first-order valence-corrected chi connectivity index (χ1v) is 6.87. The highest BCUT2D eigenvalue weighted by Crippen LogP contribution is 2.34. The molecule has 1 heterocycles. The zero-order valence-electron chi connectivity index (χ0n) is 10.9. The van der Waals surface area contributed by atoms with Crippen LogP contribution in [-0.2, 0) is 0 Å². The van der Waals surface area contributed by atoms with Crippen LogP contribution in [0, 0.1) is 5.92 Å². The van der Waals surface area contributed by atoms with Gasteiger partial charge in [0.2, 0.25) is 0 Å². The van der Waals surface area contributed by atoms with E-state index in [2.05, 4.69) is 6.58 Å². The Balaban J connectivity index is 1.89. The maximum absolute atomic E-state index is 12.3. The molecule has 1 aliphatic carbocycles. The first-order chi connectivity index (χ1) is 9.20. The molecule has 0 aromatic heterocycles. The third kappa shape index (κ3) is 1.89. The summed E-state index contributed by atoms with van der Waals surface area (Å²) in [5.74, 6) is -0.150. The van der Waals surface area contributed by atoms with Crippen LogP contribution in [0.2, 0.25) is 0 Å². The Morgan fingerprint density at radius 2 is 1.53 bits per heavy atom. The summed E-state index contributed by atoms with van der Waals surface area (Å²) in [5, 5.41) is 0. The van der Waals surface area contributed by atoms with E-state index in [4.69, 9.17) is 0 Å². The molecule has 1 aromatic rings. The van der Waals surface area contributed by atoms with Gasteiger partial charge in [-0.25, -0.2) is 4.90 Å². The molecule has 0 spiro atoms. The molecule has 98 valence electrons. The van der Waals surface area contributed by atoms with Gasteiger partial charge in [0.15, 0.2) is 0 Å². The van der Waals surface area contributed by atoms with Gasteiger partial charge in [0.25, 0.3) is 11.8 Å². The monoisotopic (exact) mass is 255 g/mol. The molecule has 0 atom stereocenters. The molecule has 1 aliphatic heterocycles. The van der Waals surface area contributed by atoms with E-state index in [1.54, 1.807) is 24.3 Å². The highest BCUT2D eigenvalue weighted by Gasteiger charge is 2.38. The number of carbonyl (C=O) groups is 2. The van der Waals surface area contributed by atoms with Crippen molar-refractivity contribution >= 4 is 11.8 Å². The summed E-state index contributed by atoms with van der Waals surface area (Å²) < 4.78 is 0. The fraction of sp³-hybridized carbons (Fsp3) is 0.375. The van der Waals surface area contributed by atoms with Crippen LogP contribution in [-0.4, -0.2) is 16.7 Å². The van der Waals surface area contributed by atoms with Crippen molar-refractivity contribution < 1.29 is 9.59 Å². The lowest BCUT2D eigenvalue weighted by Crippen LogP contribution is -2.32. The predicted octanol–water partition coefficient (Wildman–Crippen LogP) is 3.38. The Morgan fingerprint density at radius 3 is 2.05 bits per heavy atom. The number of hydrogen-bond donors (Lipinski definition) is 0. The molecule has 0 bridgehead atoms. The fourth-order valence-electron chi connectivity index (χ4n) is 3.07. The van der Waals surface area contributed by atoms with Crippen LogP contribution in [0.5, 0.6) is 0 Å². The quantitative estimate of drug-likeness (QED) is 0.760. The minimum Gasteiger partial charge on any atom is -0.268 e. The standard InChI is InChI=1S/C16H17NO2/c1-11(12-7-3-2-4-8-12)17-15(18)13-9-5-6-10-14(13)16(17)19/h5-6,9-10,12H,1-4,7-8H2. The SMILES string of the molecule is C=C(C1CCCCC1)N1C(=O)c2ccccc2C1=O. The molecule has 1 aromatic carbocycles. The van der Waals surface area contributed by atoms with Gasteiger partial charge >= 0.3 is 0 Å². The number of rotatable bonds is 2. The maximum Gasteiger partial charge on any atom is 0.265 e. The van der Waals surface area contributed by atoms with Crippen molar-refractivity contribution in [1.82, 2.24) is 4.90 Å². The maximum atomic E-state index is 12.3. The van der Waals surface area contributed by atoms with Crippen molar-refractivity contribution in [2.24, 2.45) is 5.92 Å². The van der Waals surface area contributed by atoms with Gasteiger partial charge in [-0.15, -0.1) is 0 Å². The van der Waals surface area contributed by atoms with Gasteiger partial charge in [-0.05, 0) is 30.9 Å². The molecule has 1 fully saturated rings. The van der Waals surface area contributed by atoms with Gasteiger partial charge in [-0.3, -0.25) is 9.59 Å². The van der Waals surface area contributed by atoms with Gasteiger partial charge in [-0.2, -0.15) is 0 Å². The van der Waals surface area contributed by atoms with E-state index in [1.807, 2.05) is 0 Å². The first-order valence-electron chi connectivity index (χ1n) is 6.87. The van der Waals surface area contributed by atoms with Crippen molar-refractivity contribution in [3.63, 3.8) is 0 Å². The Kier molecular flexibility index (Phi) is 2.97. The molecular formula is C16H17NO2. The van der Waals surface area contributed by atoms with Crippen molar-refractivity contribution in [3.05, 3.63) is 47.7 Å². The van der Waals surface area contributed by atoms with Crippen LogP contribution >= 0.6 is 0 Å². The van der Waals surface area contributed by atoms with Crippen molar-refractivity contribution in [2.75, 3.05) is 0 Å². The highest BCUT2D eigenvalue weighted by atomic mass is 16.2. The number of hydrogen-bond acceptors (Lipinski definition) is 2. The van der Waals surface area contributed by atoms with Crippen LogP contribution < -0.4 is 0 Å². The number of fused-ring (bicyclic) bond motifs is 1. The average Bonchev–Trinajstić information content (AvgIpc) is 2.72. The van der Waals surface area contributed by atoms with Crippen LogP contribution in [0.15, 0.2) is 36.5 Å². The summed E-state index contributed by atoms with van der Waals surface area (Å²) in [4.78, 5) is 26.0. The summed E-state index contributed by atoms with van der Waals surface area (Å²) >= 11 is 0. The Bertz CT molecular complexity index is 521. The summed E-state index contributed by atoms with van der Waals surface area (Å²) in [7, 11) is 0. The second kappa shape index (κ2) is 4.65. The number of benzene rings is 1. The van der Waals surface area contributed by atoms with Crippen molar-refractivity contribution in [3.8, 4) is 0 Å². The summed E-state index contributed by atoms with van der Waals surface area (Å²) in [5.41, 5.74) is 1.69. The molecule has 2 amide bonds. The molecule has 1 saturated carbocycles. The molecule has 3 heteroatoms. The molecular weight excluding hydrogens is 238 g/mol. The van der Waals surface area contributed by atoms with E-state index in [9.17, 15) is 9.59 Å². The minimum atomic E-state index is -0.212. The molecule has 0 radical (unpaired) electrons. The number of imide groups is 1. The Morgan fingerprint density at radius 1 is 1.00 bits per heavy atom. The Labute approximate surface area is 112 Å².